The maximum Gasteiger partial charge on any atom is 0.255 e. The van der Waals surface area contributed by atoms with Gasteiger partial charge >= 0.3 is 0 Å². The molecule has 2 aromatic carbocycles. The summed E-state index contributed by atoms with van der Waals surface area (Å²) in [6, 6.07) is 12.0. The first-order valence-corrected chi connectivity index (χ1v) is 8.50. The normalized spacial score (nSPS) is 10.1. The number of benzene rings is 2. The molecule has 0 radical (unpaired) electrons. The molecule has 0 unspecified atom stereocenters. The van der Waals surface area contributed by atoms with Gasteiger partial charge in [0.15, 0.2) is 11.5 Å². The molecular weight excluding hydrogens is 332 g/mol. The zero-order valence-corrected chi connectivity index (χ0v) is 15.3. The summed E-state index contributed by atoms with van der Waals surface area (Å²) in [5.41, 5.74) is 1.69. The standard InChI is InChI=1S/C20H24N2O4/c1-4-5-9-19(23)21-15-7-6-8-16(13-15)22-20(24)14-10-11-17(25-2)18(12-14)26-3/h6-8,10-13H,4-5,9H2,1-3H3,(H,21,23)(H,22,24). The van der Waals surface area contributed by atoms with E-state index in [2.05, 4.69) is 10.6 Å². The number of carbonyl (C=O) groups is 2. The Labute approximate surface area is 153 Å². The number of ether oxygens (including phenoxy) is 2. The van der Waals surface area contributed by atoms with Crippen LogP contribution >= 0.6 is 0 Å². The number of anilines is 2. The van der Waals surface area contributed by atoms with Crippen LogP contribution in [-0.2, 0) is 4.79 Å². The molecule has 0 aromatic heterocycles. The maximum atomic E-state index is 12.5. The van der Waals surface area contributed by atoms with Crippen LogP contribution in [0.5, 0.6) is 11.5 Å². The van der Waals surface area contributed by atoms with Crippen LogP contribution in [-0.4, -0.2) is 26.0 Å². The van der Waals surface area contributed by atoms with Gasteiger partial charge in [-0.2, -0.15) is 0 Å². The second-order valence-electron chi connectivity index (χ2n) is 5.76. The molecule has 2 N–H and O–H groups in total. The number of rotatable bonds is 8. The maximum absolute atomic E-state index is 12.5. The summed E-state index contributed by atoms with van der Waals surface area (Å²) in [5, 5.41) is 5.65. The summed E-state index contributed by atoms with van der Waals surface area (Å²) in [5.74, 6) is 0.730. The second-order valence-corrected chi connectivity index (χ2v) is 5.76. The van der Waals surface area contributed by atoms with Crippen molar-refractivity contribution in [1.82, 2.24) is 0 Å². The number of unbranched alkanes of at least 4 members (excludes halogenated alkanes) is 1. The van der Waals surface area contributed by atoms with E-state index in [-0.39, 0.29) is 11.8 Å². The minimum absolute atomic E-state index is 0.0322. The van der Waals surface area contributed by atoms with E-state index < -0.39 is 0 Å². The Morgan fingerprint density at radius 2 is 1.62 bits per heavy atom. The number of hydrogen-bond acceptors (Lipinski definition) is 4. The minimum atomic E-state index is -0.277. The minimum Gasteiger partial charge on any atom is -0.493 e. The number of hydrogen-bond donors (Lipinski definition) is 2. The van der Waals surface area contributed by atoms with E-state index in [0.717, 1.165) is 12.8 Å². The van der Waals surface area contributed by atoms with Crippen LogP contribution in [0.15, 0.2) is 42.5 Å². The molecule has 0 heterocycles. The van der Waals surface area contributed by atoms with Crippen LogP contribution in [0, 0.1) is 0 Å². The Morgan fingerprint density at radius 3 is 2.27 bits per heavy atom. The Morgan fingerprint density at radius 1 is 0.923 bits per heavy atom. The van der Waals surface area contributed by atoms with E-state index in [1.807, 2.05) is 6.92 Å². The zero-order chi connectivity index (χ0) is 18.9. The average molecular weight is 356 g/mol. The third-order valence-corrected chi connectivity index (χ3v) is 3.81. The van der Waals surface area contributed by atoms with E-state index >= 15 is 0 Å². The average Bonchev–Trinajstić information content (AvgIpc) is 2.66. The van der Waals surface area contributed by atoms with Gasteiger partial charge in [-0.25, -0.2) is 0 Å². The van der Waals surface area contributed by atoms with Crippen molar-refractivity contribution in [2.24, 2.45) is 0 Å². The number of nitrogens with one attached hydrogen (secondary N) is 2. The third kappa shape index (κ3) is 5.24. The Bertz CT molecular complexity index is 774. The fourth-order valence-electron chi connectivity index (χ4n) is 2.42. The molecule has 0 saturated heterocycles. The summed E-state index contributed by atoms with van der Waals surface area (Å²) < 4.78 is 10.4. The van der Waals surface area contributed by atoms with Crippen molar-refractivity contribution in [3.05, 3.63) is 48.0 Å². The van der Waals surface area contributed by atoms with Crippen molar-refractivity contribution >= 4 is 23.2 Å². The first kappa shape index (κ1) is 19.3. The highest BCUT2D eigenvalue weighted by Crippen LogP contribution is 2.28. The van der Waals surface area contributed by atoms with Crippen molar-refractivity contribution in [3.63, 3.8) is 0 Å². The first-order valence-electron chi connectivity index (χ1n) is 8.50. The SMILES string of the molecule is CCCCC(=O)Nc1cccc(NC(=O)c2ccc(OC)c(OC)c2)c1. The van der Waals surface area contributed by atoms with Gasteiger partial charge in [-0.05, 0) is 42.8 Å². The summed E-state index contributed by atoms with van der Waals surface area (Å²) in [6.07, 6.45) is 2.30. The van der Waals surface area contributed by atoms with Crippen molar-refractivity contribution < 1.29 is 19.1 Å². The van der Waals surface area contributed by atoms with Gasteiger partial charge in [-0.1, -0.05) is 19.4 Å². The number of carbonyl (C=O) groups excluding carboxylic acids is 2. The van der Waals surface area contributed by atoms with Crippen molar-refractivity contribution in [2.75, 3.05) is 24.9 Å². The van der Waals surface area contributed by atoms with E-state index in [1.54, 1.807) is 42.5 Å². The Kier molecular flexibility index (Phi) is 7.02. The lowest BCUT2D eigenvalue weighted by atomic mass is 10.1. The van der Waals surface area contributed by atoms with Crippen LogP contribution in [0.1, 0.15) is 36.5 Å². The molecule has 0 spiro atoms. The van der Waals surface area contributed by atoms with Crippen LogP contribution in [0.25, 0.3) is 0 Å². The van der Waals surface area contributed by atoms with Gasteiger partial charge in [0.1, 0.15) is 0 Å². The predicted octanol–water partition coefficient (Wildman–Crippen LogP) is 4.08. The van der Waals surface area contributed by atoms with Crippen molar-refractivity contribution in [3.8, 4) is 11.5 Å². The molecule has 26 heavy (non-hydrogen) atoms. The van der Waals surface area contributed by atoms with E-state index in [4.69, 9.17) is 9.47 Å². The molecule has 0 saturated carbocycles. The van der Waals surface area contributed by atoms with E-state index in [1.165, 1.54) is 14.2 Å². The molecule has 138 valence electrons. The fraction of sp³-hybridized carbons (Fsp3) is 0.300. The zero-order valence-electron chi connectivity index (χ0n) is 15.3. The number of amides is 2. The molecular formula is C20H24N2O4. The highest BCUT2D eigenvalue weighted by molar-refractivity contribution is 6.05. The van der Waals surface area contributed by atoms with Crippen molar-refractivity contribution in [1.29, 1.82) is 0 Å². The lowest BCUT2D eigenvalue weighted by Gasteiger charge is -2.11. The lowest BCUT2D eigenvalue weighted by Crippen LogP contribution is -2.13. The Balaban J connectivity index is 2.07. The predicted molar refractivity (Wildman–Crippen MR) is 102 cm³/mol. The molecule has 0 aliphatic heterocycles. The largest absolute Gasteiger partial charge is 0.493 e. The van der Waals surface area contributed by atoms with Crippen LogP contribution < -0.4 is 20.1 Å². The van der Waals surface area contributed by atoms with Crippen LogP contribution in [0.2, 0.25) is 0 Å². The van der Waals surface area contributed by atoms with Gasteiger partial charge in [0, 0.05) is 23.4 Å². The lowest BCUT2D eigenvalue weighted by molar-refractivity contribution is -0.116. The van der Waals surface area contributed by atoms with Gasteiger partial charge in [-0.15, -0.1) is 0 Å². The molecule has 0 aliphatic rings. The van der Waals surface area contributed by atoms with Gasteiger partial charge in [0.25, 0.3) is 5.91 Å². The van der Waals surface area contributed by atoms with Gasteiger partial charge in [0.05, 0.1) is 14.2 Å². The van der Waals surface area contributed by atoms with Gasteiger partial charge in [-0.3, -0.25) is 9.59 Å². The molecule has 0 atom stereocenters. The third-order valence-electron chi connectivity index (χ3n) is 3.81. The van der Waals surface area contributed by atoms with Gasteiger partial charge < -0.3 is 20.1 Å². The summed E-state index contributed by atoms with van der Waals surface area (Å²) >= 11 is 0. The highest BCUT2D eigenvalue weighted by atomic mass is 16.5. The molecule has 6 nitrogen and oxygen atoms in total. The molecule has 2 aromatic rings. The molecule has 0 aliphatic carbocycles. The molecule has 0 bridgehead atoms. The second kappa shape index (κ2) is 9.46. The van der Waals surface area contributed by atoms with Crippen LogP contribution in [0.4, 0.5) is 11.4 Å². The first-order chi connectivity index (χ1) is 12.6. The summed E-state index contributed by atoms with van der Waals surface area (Å²) in [6.45, 7) is 2.04. The highest BCUT2D eigenvalue weighted by Gasteiger charge is 2.11. The van der Waals surface area contributed by atoms with E-state index in [0.29, 0.717) is 34.9 Å². The quantitative estimate of drug-likeness (QED) is 0.747. The smallest absolute Gasteiger partial charge is 0.255 e. The molecule has 2 amide bonds. The summed E-state index contributed by atoms with van der Waals surface area (Å²) in [7, 11) is 3.06. The fourth-order valence-corrected chi connectivity index (χ4v) is 2.42. The molecule has 0 fully saturated rings. The molecule has 6 heteroatoms. The van der Waals surface area contributed by atoms with E-state index in [9.17, 15) is 9.59 Å². The van der Waals surface area contributed by atoms with Crippen molar-refractivity contribution in [2.45, 2.75) is 26.2 Å². The monoisotopic (exact) mass is 356 g/mol. The number of methoxy groups -OCH3 is 2. The molecule has 2 rings (SSSR count). The Hall–Kier alpha value is -3.02. The van der Waals surface area contributed by atoms with Crippen LogP contribution in [0.3, 0.4) is 0 Å². The summed E-state index contributed by atoms with van der Waals surface area (Å²) in [4.78, 5) is 24.3. The van der Waals surface area contributed by atoms with Gasteiger partial charge in [0.2, 0.25) is 5.91 Å². The topological polar surface area (TPSA) is 76.7 Å².